The fraction of sp³-hybridized carbons (Fsp3) is 1.00. The SMILES string of the molecule is CCCCCC(F)(F)CC(CC(C)(F)C(F)(F)F)C(F)(F)F. The van der Waals surface area contributed by atoms with Crippen LogP contribution in [0.25, 0.3) is 0 Å². The highest BCUT2D eigenvalue weighted by molar-refractivity contribution is 4.89. The van der Waals surface area contributed by atoms with E-state index in [9.17, 15) is 39.5 Å². The maximum absolute atomic E-state index is 13.5. The molecule has 0 rings (SSSR count). The number of rotatable bonds is 8. The first-order chi connectivity index (χ1) is 9.62. The number of unbranched alkanes of at least 4 members (excludes halogenated alkanes) is 2. The lowest BCUT2D eigenvalue weighted by Crippen LogP contribution is -2.43. The van der Waals surface area contributed by atoms with Crippen LogP contribution in [-0.2, 0) is 0 Å². The van der Waals surface area contributed by atoms with E-state index in [0.717, 1.165) is 0 Å². The van der Waals surface area contributed by atoms with Crippen molar-refractivity contribution in [2.24, 2.45) is 5.92 Å². The van der Waals surface area contributed by atoms with Crippen LogP contribution in [0.3, 0.4) is 0 Å². The summed E-state index contributed by atoms with van der Waals surface area (Å²) in [6.45, 7) is 1.63. The summed E-state index contributed by atoms with van der Waals surface area (Å²) >= 11 is 0. The lowest BCUT2D eigenvalue weighted by molar-refractivity contribution is -0.254. The molecule has 2 unspecified atom stereocenters. The monoisotopic (exact) mass is 346 g/mol. The molecule has 22 heavy (non-hydrogen) atoms. The predicted molar refractivity (Wildman–Crippen MR) is 63.4 cm³/mol. The summed E-state index contributed by atoms with van der Waals surface area (Å²) in [5, 5.41) is 0. The lowest BCUT2D eigenvalue weighted by atomic mass is 9.87. The van der Waals surface area contributed by atoms with E-state index < -0.39 is 49.1 Å². The molecule has 0 aromatic carbocycles. The Kier molecular flexibility index (Phi) is 7.09. The molecule has 0 saturated heterocycles. The molecule has 0 aromatic rings. The average Bonchev–Trinajstić information content (AvgIpc) is 2.24. The van der Waals surface area contributed by atoms with E-state index in [1.807, 2.05) is 0 Å². The fourth-order valence-corrected chi connectivity index (χ4v) is 1.98. The predicted octanol–water partition coefficient (Wildman–Crippen LogP) is 6.45. The Morgan fingerprint density at radius 2 is 1.27 bits per heavy atom. The smallest absolute Gasteiger partial charge is 0.234 e. The highest BCUT2D eigenvalue weighted by atomic mass is 19.4. The second-order valence-corrected chi connectivity index (χ2v) is 5.66. The van der Waals surface area contributed by atoms with E-state index in [4.69, 9.17) is 0 Å². The van der Waals surface area contributed by atoms with E-state index in [1.165, 1.54) is 0 Å². The van der Waals surface area contributed by atoms with Crippen molar-refractivity contribution in [3.8, 4) is 0 Å². The molecule has 0 fully saturated rings. The number of hydrogen-bond acceptors (Lipinski definition) is 0. The van der Waals surface area contributed by atoms with Crippen LogP contribution >= 0.6 is 0 Å². The van der Waals surface area contributed by atoms with Gasteiger partial charge in [-0.1, -0.05) is 19.8 Å². The molecule has 2 atom stereocenters. The normalized spacial score (nSPS) is 18.1. The topological polar surface area (TPSA) is 0 Å². The second-order valence-electron chi connectivity index (χ2n) is 5.66. The van der Waals surface area contributed by atoms with Gasteiger partial charge >= 0.3 is 12.4 Å². The van der Waals surface area contributed by atoms with Crippen molar-refractivity contribution in [2.75, 3.05) is 0 Å². The zero-order valence-electron chi connectivity index (χ0n) is 12.2. The standard InChI is InChI=1S/C13H19F9/c1-3-4-5-6-11(15,16)8-9(12(17,18)19)7-10(2,14)13(20,21)22/h9H,3-8H2,1-2H3. The van der Waals surface area contributed by atoms with Crippen LogP contribution in [-0.4, -0.2) is 23.9 Å². The van der Waals surface area contributed by atoms with Gasteiger partial charge in [-0.05, 0) is 13.3 Å². The quantitative estimate of drug-likeness (QED) is 0.350. The molecule has 0 aliphatic carbocycles. The van der Waals surface area contributed by atoms with Crippen molar-refractivity contribution in [3.05, 3.63) is 0 Å². The van der Waals surface area contributed by atoms with Gasteiger partial charge in [0, 0.05) is 19.3 Å². The average molecular weight is 346 g/mol. The molecule has 0 heterocycles. The third-order valence-corrected chi connectivity index (χ3v) is 3.37. The van der Waals surface area contributed by atoms with Crippen molar-refractivity contribution < 1.29 is 39.5 Å². The summed E-state index contributed by atoms with van der Waals surface area (Å²) in [5.41, 5.74) is -4.17. The van der Waals surface area contributed by atoms with Gasteiger partial charge in [0.2, 0.25) is 11.6 Å². The molecule has 0 radical (unpaired) electrons. The van der Waals surface area contributed by atoms with Crippen molar-refractivity contribution >= 4 is 0 Å². The van der Waals surface area contributed by atoms with Gasteiger partial charge in [-0.15, -0.1) is 0 Å². The van der Waals surface area contributed by atoms with Crippen LogP contribution in [0.2, 0.25) is 0 Å². The summed E-state index contributed by atoms with van der Waals surface area (Å²) in [6.07, 6.45) is -14.7. The first kappa shape index (κ1) is 21.4. The summed E-state index contributed by atoms with van der Waals surface area (Å²) in [4.78, 5) is 0. The van der Waals surface area contributed by atoms with Gasteiger partial charge in [0.1, 0.15) is 0 Å². The van der Waals surface area contributed by atoms with Crippen LogP contribution in [0.5, 0.6) is 0 Å². The van der Waals surface area contributed by atoms with Gasteiger partial charge in [-0.3, -0.25) is 0 Å². The third-order valence-electron chi connectivity index (χ3n) is 3.37. The molecule has 0 N–H and O–H groups in total. The lowest BCUT2D eigenvalue weighted by Gasteiger charge is -2.31. The van der Waals surface area contributed by atoms with Gasteiger partial charge in [-0.2, -0.15) is 26.3 Å². The Morgan fingerprint density at radius 1 is 0.773 bits per heavy atom. The van der Waals surface area contributed by atoms with Gasteiger partial charge in [0.05, 0.1) is 5.92 Å². The Labute approximate surface area is 123 Å². The van der Waals surface area contributed by atoms with Crippen LogP contribution < -0.4 is 0 Å². The molecule has 0 aromatic heterocycles. The molecule has 0 nitrogen and oxygen atoms in total. The molecular formula is C13H19F9. The Morgan fingerprint density at radius 3 is 1.64 bits per heavy atom. The zero-order valence-corrected chi connectivity index (χ0v) is 12.2. The van der Waals surface area contributed by atoms with Crippen LogP contribution in [0.1, 0.15) is 52.4 Å². The largest absolute Gasteiger partial charge is 0.422 e. The first-order valence-corrected chi connectivity index (χ1v) is 6.82. The summed E-state index contributed by atoms with van der Waals surface area (Å²) in [6, 6.07) is 0. The highest BCUT2D eigenvalue weighted by Gasteiger charge is 2.57. The fourth-order valence-electron chi connectivity index (χ4n) is 1.98. The third kappa shape index (κ3) is 7.09. The summed E-state index contributed by atoms with van der Waals surface area (Å²) in [7, 11) is 0. The molecular weight excluding hydrogens is 327 g/mol. The van der Waals surface area contributed by atoms with E-state index >= 15 is 0 Å². The maximum Gasteiger partial charge on any atom is 0.422 e. The molecule has 0 saturated carbocycles. The van der Waals surface area contributed by atoms with Crippen LogP contribution in [0.15, 0.2) is 0 Å². The van der Waals surface area contributed by atoms with Gasteiger partial charge < -0.3 is 0 Å². The van der Waals surface area contributed by atoms with Gasteiger partial charge in [0.15, 0.2) is 0 Å². The van der Waals surface area contributed by atoms with Crippen molar-refractivity contribution in [3.63, 3.8) is 0 Å². The van der Waals surface area contributed by atoms with E-state index in [-0.39, 0.29) is 13.3 Å². The first-order valence-electron chi connectivity index (χ1n) is 6.82. The molecule has 0 spiro atoms. The Balaban J connectivity index is 5.02. The Hall–Kier alpha value is -0.630. The highest BCUT2D eigenvalue weighted by Crippen LogP contribution is 2.46. The Bertz CT molecular complexity index is 327. The van der Waals surface area contributed by atoms with Crippen molar-refractivity contribution in [2.45, 2.75) is 76.3 Å². The van der Waals surface area contributed by atoms with Crippen LogP contribution in [0.4, 0.5) is 39.5 Å². The summed E-state index contributed by atoms with van der Waals surface area (Å²) < 4.78 is 115. The van der Waals surface area contributed by atoms with Crippen LogP contribution in [0, 0.1) is 5.92 Å². The van der Waals surface area contributed by atoms with E-state index in [0.29, 0.717) is 12.8 Å². The summed E-state index contributed by atoms with van der Waals surface area (Å²) in [5.74, 6) is -6.84. The number of alkyl halides is 9. The van der Waals surface area contributed by atoms with Gasteiger partial charge in [-0.25, -0.2) is 13.2 Å². The molecule has 0 amide bonds. The maximum atomic E-state index is 13.5. The van der Waals surface area contributed by atoms with Crippen molar-refractivity contribution in [1.29, 1.82) is 0 Å². The molecule has 0 bridgehead atoms. The van der Waals surface area contributed by atoms with Gasteiger partial charge in [0.25, 0.3) is 0 Å². The number of hydrogen-bond donors (Lipinski definition) is 0. The minimum atomic E-state index is -5.55. The second kappa shape index (κ2) is 7.29. The molecule has 0 aliphatic heterocycles. The zero-order chi connectivity index (χ0) is 17.8. The minimum Gasteiger partial charge on any atom is -0.234 e. The number of halogens is 9. The molecule has 0 aliphatic rings. The van der Waals surface area contributed by atoms with E-state index in [1.54, 1.807) is 6.92 Å². The minimum absolute atomic E-state index is 0.0414. The molecule has 9 heteroatoms. The molecule has 134 valence electrons. The van der Waals surface area contributed by atoms with Crippen molar-refractivity contribution in [1.82, 2.24) is 0 Å². The van der Waals surface area contributed by atoms with E-state index in [2.05, 4.69) is 0 Å².